The van der Waals surface area contributed by atoms with E-state index in [9.17, 15) is 27.2 Å². The lowest BCUT2D eigenvalue weighted by Gasteiger charge is -2.09. The van der Waals surface area contributed by atoms with Gasteiger partial charge in [-0.2, -0.15) is 0 Å². The molecule has 122 valence electrons. The van der Waals surface area contributed by atoms with Gasteiger partial charge >= 0.3 is 0 Å². The molecule has 2 aromatic carbocycles. The van der Waals surface area contributed by atoms with E-state index in [-0.39, 0.29) is 5.69 Å². The molecule has 0 bridgehead atoms. The molecule has 2 aromatic rings. The number of rotatable bonds is 2. The molecular weight excluding hydrogens is 328 g/mol. The van der Waals surface area contributed by atoms with Gasteiger partial charge in [0.1, 0.15) is 23.3 Å². The highest BCUT2D eigenvalue weighted by Crippen LogP contribution is 2.28. The van der Waals surface area contributed by atoms with Gasteiger partial charge in [-0.1, -0.05) is 12.1 Å². The van der Waals surface area contributed by atoms with E-state index in [1.807, 2.05) is 5.32 Å². The summed E-state index contributed by atoms with van der Waals surface area (Å²) in [5, 5.41) is 1.93. The summed E-state index contributed by atoms with van der Waals surface area (Å²) in [4.78, 5) is 27.6. The number of amides is 2. The molecule has 0 spiro atoms. The van der Waals surface area contributed by atoms with Crippen molar-refractivity contribution in [2.75, 3.05) is 0 Å². The Morgan fingerprint density at radius 3 is 2.29 bits per heavy atom. The van der Waals surface area contributed by atoms with E-state index in [0.717, 1.165) is 24.3 Å². The van der Waals surface area contributed by atoms with Crippen LogP contribution in [0.1, 0.15) is 11.5 Å². The van der Waals surface area contributed by atoms with Gasteiger partial charge in [0.05, 0.1) is 5.69 Å². The van der Waals surface area contributed by atoms with Gasteiger partial charge < -0.3 is 0 Å². The minimum atomic E-state index is -1.51. The summed E-state index contributed by atoms with van der Waals surface area (Å²) < 4.78 is 53.8. The molecule has 0 aliphatic carbocycles. The predicted octanol–water partition coefficient (Wildman–Crippen LogP) is 2.76. The number of halogens is 4. The van der Waals surface area contributed by atoms with Crippen LogP contribution < -0.4 is 5.32 Å². The Morgan fingerprint density at radius 1 is 0.958 bits per heavy atom. The summed E-state index contributed by atoms with van der Waals surface area (Å²) in [5.74, 6) is -7.74. The predicted molar refractivity (Wildman–Crippen MR) is 75.7 cm³/mol. The van der Waals surface area contributed by atoms with Gasteiger partial charge in [0.2, 0.25) is 5.91 Å². The molecule has 1 saturated heterocycles. The number of carbonyl (C=O) groups excluding carboxylic acids is 2. The largest absolute Gasteiger partial charge is 0.290 e. The standard InChI is InChI=1S/C16H8F4N2O2/c17-7-4-8(18)6-9(5-7)21-14-12(15(23)22-16(14)24)10-2-1-3-11(19)13(10)20/h1-6,12H,(H,22,23,24). The summed E-state index contributed by atoms with van der Waals surface area (Å²) in [6, 6.07) is 5.43. The number of hydrogen-bond donors (Lipinski definition) is 1. The zero-order valence-electron chi connectivity index (χ0n) is 11.8. The summed E-state index contributed by atoms with van der Waals surface area (Å²) in [6.45, 7) is 0. The normalized spacial score (nSPS) is 19.0. The van der Waals surface area contributed by atoms with Crippen molar-refractivity contribution in [3.8, 4) is 0 Å². The molecule has 8 heteroatoms. The fraction of sp³-hybridized carbons (Fsp3) is 0.0625. The van der Waals surface area contributed by atoms with Gasteiger partial charge in [0.25, 0.3) is 5.91 Å². The van der Waals surface area contributed by atoms with Crippen LogP contribution in [0.5, 0.6) is 0 Å². The second-order valence-electron chi connectivity index (χ2n) is 5.02. The first-order valence-electron chi connectivity index (χ1n) is 6.70. The first-order valence-corrected chi connectivity index (χ1v) is 6.70. The van der Waals surface area contributed by atoms with E-state index in [1.54, 1.807) is 0 Å². The Labute approximate surface area is 132 Å². The van der Waals surface area contributed by atoms with Gasteiger partial charge in [-0.15, -0.1) is 0 Å². The molecule has 1 atom stereocenters. The average Bonchev–Trinajstić information content (AvgIpc) is 2.75. The summed E-state index contributed by atoms with van der Waals surface area (Å²) in [7, 11) is 0. The van der Waals surface area contributed by atoms with E-state index >= 15 is 0 Å². The third-order valence-electron chi connectivity index (χ3n) is 3.39. The molecule has 4 nitrogen and oxygen atoms in total. The van der Waals surface area contributed by atoms with E-state index in [0.29, 0.717) is 6.07 Å². The van der Waals surface area contributed by atoms with Gasteiger partial charge in [0, 0.05) is 11.6 Å². The van der Waals surface area contributed by atoms with E-state index in [2.05, 4.69) is 4.99 Å². The van der Waals surface area contributed by atoms with Crippen molar-refractivity contribution in [1.29, 1.82) is 0 Å². The monoisotopic (exact) mass is 336 g/mol. The minimum absolute atomic E-state index is 0.269. The highest BCUT2D eigenvalue weighted by molar-refractivity contribution is 6.52. The van der Waals surface area contributed by atoms with Gasteiger partial charge in [0.15, 0.2) is 11.6 Å². The minimum Gasteiger partial charge on any atom is -0.290 e. The molecule has 1 fully saturated rings. The highest BCUT2D eigenvalue weighted by atomic mass is 19.2. The van der Waals surface area contributed by atoms with Gasteiger partial charge in [-0.05, 0) is 18.2 Å². The molecule has 1 aliphatic rings. The summed E-state index contributed by atoms with van der Waals surface area (Å²) in [6.07, 6.45) is 0. The quantitative estimate of drug-likeness (QED) is 0.677. The lowest BCUT2D eigenvalue weighted by Crippen LogP contribution is -2.22. The van der Waals surface area contributed by atoms with Crippen molar-refractivity contribution in [2.45, 2.75) is 5.92 Å². The van der Waals surface area contributed by atoms with Gasteiger partial charge in [-0.25, -0.2) is 22.6 Å². The Bertz CT molecular complexity index is 875. The number of aliphatic imine (C=N–C) groups is 1. The van der Waals surface area contributed by atoms with Crippen LogP contribution in [0.15, 0.2) is 41.4 Å². The first kappa shape index (κ1) is 15.9. The van der Waals surface area contributed by atoms with Crippen LogP contribution in [0.3, 0.4) is 0 Å². The van der Waals surface area contributed by atoms with Crippen LogP contribution >= 0.6 is 0 Å². The molecule has 3 rings (SSSR count). The van der Waals surface area contributed by atoms with Crippen LogP contribution in [-0.4, -0.2) is 17.5 Å². The molecule has 1 unspecified atom stereocenters. The Kier molecular flexibility index (Phi) is 3.88. The zero-order chi connectivity index (χ0) is 17.4. The summed E-state index contributed by atoms with van der Waals surface area (Å²) >= 11 is 0. The topological polar surface area (TPSA) is 58.5 Å². The second kappa shape index (κ2) is 5.88. The van der Waals surface area contributed by atoms with Crippen LogP contribution in [0, 0.1) is 23.3 Å². The van der Waals surface area contributed by atoms with Crippen molar-refractivity contribution in [3.05, 3.63) is 65.2 Å². The Hall–Kier alpha value is -3.03. The first-order chi connectivity index (χ1) is 11.4. The van der Waals surface area contributed by atoms with E-state index < -0.39 is 52.3 Å². The third kappa shape index (κ3) is 2.78. The second-order valence-corrected chi connectivity index (χ2v) is 5.02. The van der Waals surface area contributed by atoms with Crippen molar-refractivity contribution in [3.63, 3.8) is 0 Å². The van der Waals surface area contributed by atoms with Crippen molar-refractivity contribution < 1.29 is 27.2 Å². The SMILES string of the molecule is O=C1NC(=O)C(c2cccc(F)c2F)C1=Nc1cc(F)cc(F)c1. The van der Waals surface area contributed by atoms with E-state index in [4.69, 9.17) is 0 Å². The maximum atomic E-state index is 14.0. The van der Waals surface area contributed by atoms with Crippen LogP contribution in [0.4, 0.5) is 23.2 Å². The lowest BCUT2D eigenvalue weighted by molar-refractivity contribution is -0.124. The zero-order valence-corrected chi connectivity index (χ0v) is 11.8. The molecular formula is C16H8F4N2O2. The summed E-state index contributed by atoms with van der Waals surface area (Å²) in [5.41, 5.74) is -1.14. The van der Waals surface area contributed by atoms with Crippen molar-refractivity contribution >= 4 is 23.2 Å². The molecule has 0 radical (unpaired) electrons. The molecule has 1 heterocycles. The molecule has 1 N–H and O–H groups in total. The molecule has 1 aliphatic heterocycles. The Balaban J connectivity index is 2.13. The smallest absolute Gasteiger partial charge is 0.273 e. The fourth-order valence-electron chi connectivity index (χ4n) is 2.39. The van der Waals surface area contributed by atoms with Crippen molar-refractivity contribution in [1.82, 2.24) is 5.32 Å². The Morgan fingerprint density at radius 2 is 1.62 bits per heavy atom. The van der Waals surface area contributed by atoms with E-state index in [1.165, 1.54) is 6.07 Å². The van der Waals surface area contributed by atoms with Crippen LogP contribution in [0.25, 0.3) is 0 Å². The third-order valence-corrected chi connectivity index (χ3v) is 3.39. The van der Waals surface area contributed by atoms with Gasteiger partial charge in [-0.3, -0.25) is 14.9 Å². The maximum absolute atomic E-state index is 14.0. The number of hydrogen-bond acceptors (Lipinski definition) is 3. The number of nitrogens with zero attached hydrogens (tertiary/aromatic N) is 1. The van der Waals surface area contributed by atoms with Crippen molar-refractivity contribution in [2.24, 2.45) is 4.99 Å². The lowest BCUT2D eigenvalue weighted by atomic mass is 9.95. The highest BCUT2D eigenvalue weighted by Gasteiger charge is 2.41. The number of imide groups is 1. The van der Waals surface area contributed by atoms with Crippen LogP contribution in [-0.2, 0) is 9.59 Å². The molecule has 24 heavy (non-hydrogen) atoms. The number of benzene rings is 2. The molecule has 0 aromatic heterocycles. The maximum Gasteiger partial charge on any atom is 0.273 e. The van der Waals surface area contributed by atoms with Crippen LogP contribution in [0.2, 0.25) is 0 Å². The number of carbonyl (C=O) groups is 2. The molecule has 2 amide bonds. The fourth-order valence-corrected chi connectivity index (χ4v) is 2.39. The molecule has 0 saturated carbocycles. The number of nitrogens with one attached hydrogen (secondary N) is 1. The average molecular weight is 336 g/mol.